The molecule has 1 saturated heterocycles. The van der Waals surface area contributed by atoms with Crippen molar-refractivity contribution in [3.8, 4) is 0 Å². The van der Waals surface area contributed by atoms with E-state index in [1.165, 1.54) is 0 Å². The first kappa shape index (κ1) is 8.48. The molecule has 1 heterocycles. The summed E-state index contributed by atoms with van der Waals surface area (Å²) >= 11 is 0. The lowest BCUT2D eigenvalue weighted by Gasteiger charge is -2.20. The fraction of sp³-hybridized carbons (Fsp3) is 1.00. The van der Waals surface area contributed by atoms with Crippen LogP contribution in [0.15, 0.2) is 0 Å². The van der Waals surface area contributed by atoms with Crippen molar-refractivity contribution in [1.29, 1.82) is 0 Å². The van der Waals surface area contributed by atoms with Gasteiger partial charge >= 0.3 is 0 Å². The molecule has 2 fully saturated rings. The average Bonchev–Trinajstić information content (AvgIpc) is 2.34. The van der Waals surface area contributed by atoms with Crippen LogP contribution >= 0.6 is 0 Å². The van der Waals surface area contributed by atoms with Gasteiger partial charge in [0.15, 0.2) is 5.79 Å². The second kappa shape index (κ2) is 2.44. The first-order chi connectivity index (χ1) is 5.49. The lowest BCUT2D eigenvalue weighted by molar-refractivity contribution is -0.165. The monoisotopic (exact) mass is 172 g/mol. The molecule has 0 amide bonds. The second-order valence-corrected chi connectivity index (χ2v) is 4.35. The van der Waals surface area contributed by atoms with E-state index < -0.39 is 5.79 Å². The van der Waals surface area contributed by atoms with E-state index in [0.717, 1.165) is 6.42 Å². The zero-order chi connectivity index (χ0) is 8.93. The molecular formula is C9H16O3. The van der Waals surface area contributed by atoms with Gasteiger partial charge in [0, 0.05) is 0 Å². The number of aliphatic hydroxyl groups is 1. The Labute approximate surface area is 72.7 Å². The first-order valence-corrected chi connectivity index (χ1v) is 4.53. The van der Waals surface area contributed by atoms with Crippen molar-refractivity contribution in [2.75, 3.05) is 0 Å². The topological polar surface area (TPSA) is 38.7 Å². The fourth-order valence-electron chi connectivity index (χ4n) is 2.20. The summed E-state index contributed by atoms with van der Waals surface area (Å²) in [7, 11) is 0. The molecule has 3 unspecified atom stereocenters. The van der Waals surface area contributed by atoms with Crippen LogP contribution in [0.3, 0.4) is 0 Å². The lowest BCUT2D eigenvalue weighted by atomic mass is 10.1. The summed E-state index contributed by atoms with van der Waals surface area (Å²) in [6.07, 6.45) is 0.447. The smallest absolute Gasteiger partial charge is 0.163 e. The predicted molar refractivity (Wildman–Crippen MR) is 43.6 cm³/mol. The van der Waals surface area contributed by atoms with Crippen LogP contribution in [-0.4, -0.2) is 29.2 Å². The summed E-state index contributed by atoms with van der Waals surface area (Å²) in [5, 5.41) is 9.60. The van der Waals surface area contributed by atoms with Crippen molar-refractivity contribution < 1.29 is 14.6 Å². The van der Waals surface area contributed by atoms with Crippen LogP contribution in [0.25, 0.3) is 0 Å². The molecule has 2 aliphatic rings. The summed E-state index contributed by atoms with van der Waals surface area (Å²) in [6.45, 7) is 5.88. The molecule has 0 radical (unpaired) electrons. The summed E-state index contributed by atoms with van der Waals surface area (Å²) in [4.78, 5) is 0. The van der Waals surface area contributed by atoms with Crippen LogP contribution < -0.4 is 0 Å². The fourth-order valence-corrected chi connectivity index (χ4v) is 2.20. The maximum Gasteiger partial charge on any atom is 0.163 e. The van der Waals surface area contributed by atoms with E-state index in [2.05, 4.69) is 6.92 Å². The molecule has 4 atom stereocenters. The Morgan fingerprint density at radius 3 is 2.42 bits per heavy atom. The molecule has 3 heteroatoms. The van der Waals surface area contributed by atoms with Crippen molar-refractivity contribution in [3.05, 3.63) is 0 Å². The SMILES string of the molecule is C[C@@H]1CC(O)C2OC(C)(C)OC21. The third-order valence-electron chi connectivity index (χ3n) is 2.72. The Kier molecular flexibility index (Phi) is 1.72. The molecule has 1 aliphatic heterocycles. The summed E-state index contributed by atoms with van der Waals surface area (Å²) < 4.78 is 11.3. The van der Waals surface area contributed by atoms with Crippen molar-refractivity contribution in [2.45, 2.75) is 51.3 Å². The van der Waals surface area contributed by atoms with Gasteiger partial charge in [0.05, 0.1) is 12.2 Å². The standard InChI is InChI=1S/C9H16O3/c1-5-4-6(10)8-7(5)11-9(2,3)12-8/h5-8,10H,4H2,1-3H3/t5-,6?,7?,8?/m1/s1. The molecule has 2 rings (SSSR count). The first-order valence-electron chi connectivity index (χ1n) is 4.53. The van der Waals surface area contributed by atoms with Crippen LogP contribution in [0.5, 0.6) is 0 Å². The number of hydrogen-bond acceptors (Lipinski definition) is 3. The Hall–Kier alpha value is -0.120. The largest absolute Gasteiger partial charge is 0.390 e. The van der Waals surface area contributed by atoms with Gasteiger partial charge in [-0.05, 0) is 26.2 Å². The van der Waals surface area contributed by atoms with Gasteiger partial charge in [-0.2, -0.15) is 0 Å². The van der Waals surface area contributed by atoms with Crippen molar-refractivity contribution >= 4 is 0 Å². The highest BCUT2D eigenvalue weighted by Gasteiger charge is 2.51. The van der Waals surface area contributed by atoms with E-state index in [0.29, 0.717) is 5.92 Å². The third kappa shape index (κ3) is 1.16. The van der Waals surface area contributed by atoms with Crippen molar-refractivity contribution in [3.63, 3.8) is 0 Å². The highest BCUT2D eigenvalue weighted by Crippen LogP contribution is 2.41. The molecule has 1 aliphatic carbocycles. The number of rotatable bonds is 0. The molecule has 12 heavy (non-hydrogen) atoms. The van der Waals surface area contributed by atoms with Gasteiger partial charge in [0.2, 0.25) is 0 Å². The van der Waals surface area contributed by atoms with Gasteiger partial charge < -0.3 is 14.6 Å². The quantitative estimate of drug-likeness (QED) is 0.590. The molecule has 3 nitrogen and oxygen atoms in total. The summed E-state index contributed by atoms with van der Waals surface area (Å²) in [5.74, 6) is -0.0999. The normalized spacial score (nSPS) is 51.0. The lowest BCUT2D eigenvalue weighted by Crippen LogP contribution is -2.28. The molecule has 0 aromatic carbocycles. The number of fused-ring (bicyclic) bond motifs is 1. The van der Waals surface area contributed by atoms with Gasteiger partial charge in [0.1, 0.15) is 6.10 Å². The molecule has 1 saturated carbocycles. The zero-order valence-electron chi connectivity index (χ0n) is 7.78. The van der Waals surface area contributed by atoms with E-state index >= 15 is 0 Å². The van der Waals surface area contributed by atoms with Crippen LogP contribution in [0.1, 0.15) is 27.2 Å². The zero-order valence-corrected chi connectivity index (χ0v) is 7.78. The van der Waals surface area contributed by atoms with Crippen LogP contribution in [0.4, 0.5) is 0 Å². The Balaban J connectivity index is 2.15. The molecule has 1 N–H and O–H groups in total. The summed E-state index contributed by atoms with van der Waals surface area (Å²) in [5.41, 5.74) is 0. The maximum absolute atomic E-state index is 9.60. The van der Waals surface area contributed by atoms with Gasteiger partial charge in [-0.25, -0.2) is 0 Å². The van der Waals surface area contributed by atoms with E-state index in [1.54, 1.807) is 0 Å². The molecule has 0 bridgehead atoms. The van der Waals surface area contributed by atoms with Crippen LogP contribution in [-0.2, 0) is 9.47 Å². The molecule has 0 aromatic rings. The highest BCUT2D eigenvalue weighted by molar-refractivity contribution is 4.96. The average molecular weight is 172 g/mol. The molecule has 0 aromatic heterocycles. The predicted octanol–water partition coefficient (Wildman–Crippen LogP) is 0.907. The van der Waals surface area contributed by atoms with Crippen LogP contribution in [0, 0.1) is 5.92 Å². The number of ether oxygens (including phenoxy) is 2. The minimum absolute atomic E-state index is 0.0926. The van der Waals surface area contributed by atoms with Gasteiger partial charge in [0.25, 0.3) is 0 Å². The van der Waals surface area contributed by atoms with Gasteiger partial charge in [-0.15, -0.1) is 0 Å². The number of hydrogen-bond donors (Lipinski definition) is 1. The molecular weight excluding hydrogens is 156 g/mol. The minimum Gasteiger partial charge on any atom is -0.390 e. The Bertz CT molecular complexity index is 172. The van der Waals surface area contributed by atoms with Crippen molar-refractivity contribution in [2.24, 2.45) is 5.92 Å². The highest BCUT2D eigenvalue weighted by atomic mass is 16.8. The van der Waals surface area contributed by atoms with Gasteiger partial charge in [-0.3, -0.25) is 0 Å². The molecule has 0 spiro atoms. The Morgan fingerprint density at radius 2 is 1.83 bits per heavy atom. The summed E-state index contributed by atoms with van der Waals surface area (Å²) in [6, 6.07) is 0. The van der Waals surface area contributed by atoms with Crippen molar-refractivity contribution in [1.82, 2.24) is 0 Å². The van der Waals surface area contributed by atoms with E-state index in [9.17, 15) is 5.11 Å². The van der Waals surface area contributed by atoms with E-state index in [1.807, 2.05) is 13.8 Å². The molecule has 70 valence electrons. The third-order valence-corrected chi connectivity index (χ3v) is 2.72. The van der Waals surface area contributed by atoms with E-state index in [4.69, 9.17) is 9.47 Å². The van der Waals surface area contributed by atoms with Gasteiger partial charge in [-0.1, -0.05) is 6.92 Å². The Morgan fingerprint density at radius 1 is 1.25 bits per heavy atom. The maximum atomic E-state index is 9.60. The second-order valence-electron chi connectivity index (χ2n) is 4.35. The van der Waals surface area contributed by atoms with E-state index in [-0.39, 0.29) is 18.3 Å². The number of aliphatic hydroxyl groups excluding tert-OH is 1. The minimum atomic E-state index is -0.509. The van der Waals surface area contributed by atoms with Crippen LogP contribution in [0.2, 0.25) is 0 Å².